The zero-order chi connectivity index (χ0) is 24.1. The van der Waals surface area contributed by atoms with Crippen LogP contribution in [0.2, 0.25) is 0 Å². The molecule has 1 amide bonds. The van der Waals surface area contributed by atoms with Crippen LogP contribution in [0.15, 0.2) is 61.4 Å². The second-order valence-electron chi connectivity index (χ2n) is 7.30. The highest BCUT2D eigenvalue weighted by atomic mass is 32.2. The first-order valence-corrected chi connectivity index (χ1v) is 11.4. The first-order chi connectivity index (χ1) is 16.3. The van der Waals surface area contributed by atoms with Gasteiger partial charge in [0.1, 0.15) is 5.82 Å². The van der Waals surface area contributed by atoms with E-state index in [1.54, 1.807) is 36.4 Å². The summed E-state index contributed by atoms with van der Waals surface area (Å²) < 4.78 is 14.3. The Kier molecular flexibility index (Phi) is 6.91. The van der Waals surface area contributed by atoms with E-state index in [1.165, 1.54) is 22.9 Å². The number of carbonyl (C=O) groups excluding carboxylic acids is 1. The van der Waals surface area contributed by atoms with Gasteiger partial charge in [0.15, 0.2) is 11.6 Å². The van der Waals surface area contributed by atoms with Crippen LogP contribution in [0.3, 0.4) is 0 Å². The molecule has 1 aliphatic rings. The molecule has 10 nitrogen and oxygen atoms in total. The molecule has 0 unspecified atom stereocenters. The maximum Gasteiger partial charge on any atom is 0.257 e. The molecule has 0 saturated carbocycles. The van der Waals surface area contributed by atoms with Gasteiger partial charge in [0.05, 0.1) is 23.8 Å². The van der Waals surface area contributed by atoms with Crippen LogP contribution in [0.4, 0.5) is 39.0 Å². The number of aliphatic hydroxyl groups is 2. The highest BCUT2D eigenvalue weighted by molar-refractivity contribution is 7.99. The van der Waals surface area contributed by atoms with Crippen LogP contribution in [-0.2, 0) is 4.79 Å². The number of rotatable bonds is 7. The van der Waals surface area contributed by atoms with E-state index in [4.69, 9.17) is 0 Å². The molecule has 0 bridgehead atoms. The quantitative estimate of drug-likeness (QED) is 0.252. The number of nitrogens with zero attached hydrogens (tertiary/aromatic N) is 4. The van der Waals surface area contributed by atoms with Crippen molar-refractivity contribution in [3.05, 3.63) is 67.3 Å². The third kappa shape index (κ3) is 5.60. The molecule has 176 valence electrons. The Morgan fingerprint density at radius 2 is 1.97 bits per heavy atom. The van der Waals surface area contributed by atoms with E-state index >= 15 is 0 Å². The topological polar surface area (TPSA) is 136 Å². The number of halogens is 1. The van der Waals surface area contributed by atoms with Gasteiger partial charge in [0.25, 0.3) is 5.91 Å². The molecule has 12 heteroatoms. The number of carbonyl (C=O) groups is 1. The van der Waals surface area contributed by atoms with Crippen LogP contribution >= 0.6 is 11.8 Å². The van der Waals surface area contributed by atoms with Crippen LogP contribution < -0.4 is 20.9 Å². The van der Waals surface area contributed by atoms with E-state index in [1.807, 2.05) is 0 Å². The largest absolute Gasteiger partial charge is 0.348 e. The minimum atomic E-state index is -1.96. The Morgan fingerprint density at radius 3 is 2.71 bits per heavy atom. The molecule has 1 fully saturated rings. The molecule has 34 heavy (non-hydrogen) atoms. The number of benzene rings is 1. The number of nitrogens with one attached hydrogen (secondary N) is 3. The minimum absolute atomic E-state index is 0.0644. The van der Waals surface area contributed by atoms with Crippen LogP contribution in [0.5, 0.6) is 0 Å². The lowest BCUT2D eigenvalue weighted by atomic mass is 10.2. The Labute approximate surface area is 199 Å². The van der Waals surface area contributed by atoms with Crippen molar-refractivity contribution in [2.45, 2.75) is 5.91 Å². The van der Waals surface area contributed by atoms with E-state index in [-0.39, 0.29) is 23.4 Å². The SMILES string of the molecule is C=CC(=O)Nc1cccc(Nc2nc(Nc3ccc(N4CCSCC4(O)O)nc3)ncc2F)c1. The zero-order valence-electron chi connectivity index (χ0n) is 17.9. The number of amides is 1. The molecular formula is C22H22FN7O3S. The van der Waals surface area contributed by atoms with Crippen molar-refractivity contribution < 1.29 is 19.4 Å². The van der Waals surface area contributed by atoms with Crippen molar-refractivity contribution in [2.24, 2.45) is 0 Å². The fraction of sp³-hybridized carbons (Fsp3) is 0.182. The van der Waals surface area contributed by atoms with Crippen molar-refractivity contribution >= 4 is 52.3 Å². The summed E-state index contributed by atoms with van der Waals surface area (Å²) in [4.78, 5) is 25.3. The Hall–Kier alpha value is -3.74. The Balaban J connectivity index is 1.47. The van der Waals surface area contributed by atoms with Gasteiger partial charge in [-0.1, -0.05) is 12.6 Å². The van der Waals surface area contributed by atoms with Crippen molar-refractivity contribution in [1.29, 1.82) is 0 Å². The number of hydrogen-bond donors (Lipinski definition) is 5. The van der Waals surface area contributed by atoms with Crippen molar-refractivity contribution in [1.82, 2.24) is 15.0 Å². The molecular weight excluding hydrogens is 461 g/mol. The summed E-state index contributed by atoms with van der Waals surface area (Å²) in [6.45, 7) is 3.86. The smallest absolute Gasteiger partial charge is 0.257 e. The maximum atomic E-state index is 14.3. The van der Waals surface area contributed by atoms with E-state index in [0.29, 0.717) is 29.4 Å². The maximum absolute atomic E-state index is 14.3. The Bertz CT molecular complexity index is 1190. The molecule has 1 aliphatic heterocycles. The second kappa shape index (κ2) is 10.0. The van der Waals surface area contributed by atoms with Gasteiger partial charge in [-0.15, -0.1) is 0 Å². The molecule has 3 aromatic rings. The van der Waals surface area contributed by atoms with Gasteiger partial charge in [-0.05, 0) is 36.4 Å². The number of pyridine rings is 1. The van der Waals surface area contributed by atoms with Gasteiger partial charge >= 0.3 is 0 Å². The predicted molar refractivity (Wildman–Crippen MR) is 130 cm³/mol. The van der Waals surface area contributed by atoms with Gasteiger partial charge in [0.2, 0.25) is 11.9 Å². The van der Waals surface area contributed by atoms with Gasteiger partial charge in [0, 0.05) is 23.7 Å². The fourth-order valence-electron chi connectivity index (χ4n) is 3.19. The molecule has 5 N–H and O–H groups in total. The first-order valence-electron chi connectivity index (χ1n) is 10.2. The summed E-state index contributed by atoms with van der Waals surface area (Å²) >= 11 is 1.46. The highest BCUT2D eigenvalue weighted by Crippen LogP contribution is 2.28. The lowest BCUT2D eigenvalue weighted by Gasteiger charge is -2.39. The molecule has 0 aliphatic carbocycles. The average molecular weight is 484 g/mol. The lowest BCUT2D eigenvalue weighted by Crippen LogP contribution is -2.55. The lowest BCUT2D eigenvalue weighted by molar-refractivity contribution is -0.141. The number of hydrogen-bond acceptors (Lipinski definition) is 10. The molecule has 1 saturated heterocycles. The molecule has 0 spiro atoms. The van der Waals surface area contributed by atoms with Crippen LogP contribution in [0.1, 0.15) is 0 Å². The molecule has 4 rings (SSSR count). The van der Waals surface area contributed by atoms with E-state index in [9.17, 15) is 19.4 Å². The highest BCUT2D eigenvalue weighted by Gasteiger charge is 2.35. The number of aromatic nitrogens is 3. The van der Waals surface area contributed by atoms with E-state index < -0.39 is 11.7 Å². The molecule has 0 atom stereocenters. The van der Waals surface area contributed by atoms with Crippen LogP contribution in [0, 0.1) is 5.82 Å². The minimum Gasteiger partial charge on any atom is -0.348 e. The molecule has 1 aromatic carbocycles. The Morgan fingerprint density at radius 1 is 1.15 bits per heavy atom. The number of thioether (sulfide) groups is 1. The van der Waals surface area contributed by atoms with Crippen molar-refractivity contribution in [3.63, 3.8) is 0 Å². The van der Waals surface area contributed by atoms with Crippen LogP contribution in [0.25, 0.3) is 0 Å². The molecule has 3 heterocycles. The van der Waals surface area contributed by atoms with Gasteiger partial charge in [-0.25, -0.2) is 14.4 Å². The third-order valence-electron chi connectivity index (χ3n) is 4.79. The molecule has 0 radical (unpaired) electrons. The van der Waals surface area contributed by atoms with Gasteiger partial charge in [-0.3, -0.25) is 4.79 Å². The standard InChI is InChI=1S/C22H22FN7O3S/c1-2-19(31)26-14-4-3-5-15(10-14)27-20-17(23)12-25-21(29-20)28-16-6-7-18(24-11-16)30-8-9-34-13-22(30,32)33/h2-7,10-12,32-33H,1,8-9,13H2,(H,26,31)(H2,25,27,28,29). The van der Waals surface area contributed by atoms with Gasteiger partial charge < -0.3 is 31.1 Å². The summed E-state index contributed by atoms with van der Waals surface area (Å²) in [6, 6.07) is 10.0. The zero-order valence-corrected chi connectivity index (χ0v) is 18.7. The first kappa shape index (κ1) is 23.4. The summed E-state index contributed by atoms with van der Waals surface area (Å²) in [7, 11) is 0. The van der Waals surface area contributed by atoms with Gasteiger partial charge in [-0.2, -0.15) is 16.7 Å². The van der Waals surface area contributed by atoms with Crippen LogP contribution in [-0.4, -0.2) is 55.0 Å². The molecule has 2 aromatic heterocycles. The van der Waals surface area contributed by atoms with Crippen molar-refractivity contribution in [2.75, 3.05) is 38.9 Å². The summed E-state index contributed by atoms with van der Waals surface area (Å²) in [5.74, 6) is -1.58. The fourth-order valence-corrected chi connectivity index (χ4v) is 4.07. The average Bonchev–Trinajstić information content (AvgIpc) is 2.82. The predicted octanol–water partition coefficient (Wildman–Crippen LogP) is 2.81. The van der Waals surface area contributed by atoms with E-state index in [2.05, 4.69) is 37.5 Å². The van der Waals surface area contributed by atoms with E-state index in [0.717, 1.165) is 18.0 Å². The third-order valence-corrected chi connectivity index (χ3v) is 5.85. The summed E-state index contributed by atoms with van der Waals surface area (Å²) in [5, 5.41) is 28.8. The normalized spacial score (nSPS) is 14.9. The second-order valence-corrected chi connectivity index (χ2v) is 8.40. The number of anilines is 6. The van der Waals surface area contributed by atoms with Crippen molar-refractivity contribution in [3.8, 4) is 0 Å². The monoisotopic (exact) mass is 483 g/mol. The summed E-state index contributed by atoms with van der Waals surface area (Å²) in [5.41, 5.74) is 1.55. The summed E-state index contributed by atoms with van der Waals surface area (Å²) in [6.07, 6.45) is 3.68.